The summed E-state index contributed by atoms with van der Waals surface area (Å²) in [4.78, 5) is 23.3. The van der Waals surface area contributed by atoms with Crippen LogP contribution in [0.4, 0.5) is 9.18 Å². The lowest BCUT2D eigenvalue weighted by atomic mass is 10.3. The number of benzene rings is 1. The van der Waals surface area contributed by atoms with Crippen LogP contribution in [0.5, 0.6) is 5.75 Å². The van der Waals surface area contributed by atoms with Crippen LogP contribution in [0.2, 0.25) is 0 Å². The number of hydrogen-bond donors (Lipinski definition) is 2. The largest absolute Gasteiger partial charge is 0.483 e. The van der Waals surface area contributed by atoms with Crippen LogP contribution in [-0.4, -0.2) is 39.0 Å². The quantitative estimate of drug-likeness (QED) is 0.527. The van der Waals surface area contributed by atoms with E-state index < -0.39 is 23.0 Å². The summed E-state index contributed by atoms with van der Waals surface area (Å²) < 4.78 is 20.9. The number of allylic oxidation sites excluding steroid dienone is 1. The molecule has 2 N–H and O–H groups in total. The molecule has 3 amide bonds. The van der Waals surface area contributed by atoms with Crippen molar-refractivity contribution in [3.63, 3.8) is 0 Å². The number of urea groups is 1. The van der Waals surface area contributed by atoms with E-state index in [1.807, 2.05) is 0 Å². The van der Waals surface area contributed by atoms with Crippen LogP contribution in [0, 0.1) is 5.82 Å². The first-order valence-electron chi connectivity index (χ1n) is 8.05. The van der Waals surface area contributed by atoms with Gasteiger partial charge in [0.2, 0.25) is 5.91 Å². The lowest BCUT2D eigenvalue weighted by Crippen LogP contribution is -2.41. The molecule has 0 saturated heterocycles. The van der Waals surface area contributed by atoms with Gasteiger partial charge in [0.1, 0.15) is 6.61 Å². The first kappa shape index (κ1) is 20.4. The Morgan fingerprint density at radius 3 is 2.81 bits per heavy atom. The maximum Gasteiger partial charge on any atom is 0.321 e. The Balaban J connectivity index is 2.09. The number of nitrogens with zero attached hydrogens (tertiary/aromatic N) is 3. The molecule has 0 spiro atoms. The number of imide groups is 1. The van der Waals surface area contributed by atoms with Gasteiger partial charge in [-0.05, 0) is 19.1 Å². The monoisotopic (exact) mass is 393 g/mol. The Kier molecular flexibility index (Phi) is 7.35. The number of hydrogen-bond acceptors (Lipinski definition) is 6. The van der Waals surface area contributed by atoms with Crippen molar-refractivity contribution in [1.82, 2.24) is 25.4 Å². The molecule has 0 fully saturated rings. The second-order valence-corrected chi connectivity index (χ2v) is 6.65. The molecule has 1 heterocycles. The van der Waals surface area contributed by atoms with Crippen LogP contribution < -0.4 is 15.4 Å². The van der Waals surface area contributed by atoms with E-state index in [0.29, 0.717) is 17.5 Å². The van der Waals surface area contributed by atoms with Gasteiger partial charge in [-0.1, -0.05) is 30.0 Å². The van der Waals surface area contributed by atoms with E-state index in [1.54, 1.807) is 29.7 Å². The highest BCUT2D eigenvalue weighted by molar-refractivity contribution is 8.00. The summed E-state index contributed by atoms with van der Waals surface area (Å²) >= 11 is 1.14. The second-order valence-electron chi connectivity index (χ2n) is 5.35. The average Bonchev–Trinajstić information content (AvgIpc) is 3.02. The number of carbonyl (C=O) groups is 2. The highest BCUT2D eigenvalue weighted by atomic mass is 32.2. The highest BCUT2D eigenvalue weighted by Crippen LogP contribution is 2.23. The number of amides is 3. The Morgan fingerprint density at radius 1 is 1.41 bits per heavy atom. The van der Waals surface area contributed by atoms with E-state index in [2.05, 4.69) is 27.4 Å². The molecule has 8 nitrogen and oxygen atoms in total. The fourth-order valence-electron chi connectivity index (χ4n) is 2.02. The maximum absolute atomic E-state index is 13.7. The third-order valence-corrected chi connectivity index (χ3v) is 4.49. The van der Waals surface area contributed by atoms with Crippen molar-refractivity contribution >= 4 is 23.7 Å². The zero-order valence-corrected chi connectivity index (χ0v) is 15.8. The van der Waals surface area contributed by atoms with Crippen LogP contribution in [0.25, 0.3) is 0 Å². The molecule has 0 aliphatic carbocycles. The number of aromatic nitrogens is 3. The van der Waals surface area contributed by atoms with Gasteiger partial charge in [0, 0.05) is 13.6 Å². The van der Waals surface area contributed by atoms with Gasteiger partial charge in [0.25, 0.3) is 0 Å². The fourth-order valence-corrected chi connectivity index (χ4v) is 2.89. The summed E-state index contributed by atoms with van der Waals surface area (Å²) in [6.45, 7) is 5.73. The lowest BCUT2D eigenvalue weighted by molar-refractivity contribution is -0.119. The highest BCUT2D eigenvalue weighted by Gasteiger charge is 2.21. The fraction of sp³-hybridized carbons (Fsp3) is 0.294. The van der Waals surface area contributed by atoms with Gasteiger partial charge in [-0.2, -0.15) is 0 Å². The van der Waals surface area contributed by atoms with Gasteiger partial charge in [-0.15, -0.1) is 16.8 Å². The summed E-state index contributed by atoms with van der Waals surface area (Å²) in [5.74, 6) is -0.365. The summed E-state index contributed by atoms with van der Waals surface area (Å²) in [5, 5.41) is 12.5. The van der Waals surface area contributed by atoms with Crippen molar-refractivity contribution in [2.75, 3.05) is 7.05 Å². The third kappa shape index (κ3) is 5.55. The van der Waals surface area contributed by atoms with Crippen molar-refractivity contribution in [2.24, 2.45) is 0 Å². The van der Waals surface area contributed by atoms with Crippen LogP contribution in [0.15, 0.2) is 42.1 Å². The minimum atomic E-state index is -0.588. The molecule has 2 aromatic rings. The van der Waals surface area contributed by atoms with E-state index in [4.69, 9.17) is 4.74 Å². The molecule has 0 bridgehead atoms. The molecule has 144 valence electrons. The Morgan fingerprint density at radius 2 is 2.15 bits per heavy atom. The number of nitrogens with one attached hydrogen (secondary N) is 2. The van der Waals surface area contributed by atoms with Gasteiger partial charge >= 0.3 is 6.03 Å². The smallest absolute Gasteiger partial charge is 0.321 e. The van der Waals surface area contributed by atoms with E-state index in [1.165, 1.54) is 19.2 Å². The average molecular weight is 393 g/mol. The SMILES string of the molecule is C=CCn1c(COc2ccccc2F)nnc1S[C@@H](C)C(=O)NC(=O)NC. The molecular formula is C17H20FN5O3S. The van der Waals surface area contributed by atoms with Crippen LogP contribution in [0.1, 0.15) is 12.7 Å². The van der Waals surface area contributed by atoms with Gasteiger partial charge < -0.3 is 10.1 Å². The molecule has 1 aromatic heterocycles. The normalized spacial score (nSPS) is 11.5. The predicted octanol–water partition coefficient (Wildman–Crippen LogP) is 2.12. The number of carbonyl (C=O) groups excluding carboxylic acids is 2. The summed E-state index contributed by atoms with van der Waals surface area (Å²) in [6.07, 6.45) is 1.65. The van der Waals surface area contributed by atoms with Crippen molar-refractivity contribution in [2.45, 2.75) is 30.5 Å². The number of ether oxygens (including phenoxy) is 1. The summed E-state index contributed by atoms with van der Waals surface area (Å²) in [5.41, 5.74) is 0. The molecule has 1 atom stereocenters. The molecule has 0 saturated carbocycles. The first-order chi connectivity index (χ1) is 13.0. The van der Waals surface area contributed by atoms with Gasteiger partial charge in [0.15, 0.2) is 22.5 Å². The number of para-hydroxylation sites is 1. The number of thioether (sulfide) groups is 1. The van der Waals surface area contributed by atoms with Gasteiger partial charge in [-0.25, -0.2) is 9.18 Å². The van der Waals surface area contributed by atoms with E-state index in [0.717, 1.165) is 11.8 Å². The molecule has 0 aliphatic heterocycles. The second kappa shape index (κ2) is 9.72. The molecular weight excluding hydrogens is 373 g/mol. The number of rotatable bonds is 8. The van der Waals surface area contributed by atoms with Crippen molar-refractivity contribution < 1.29 is 18.7 Å². The first-order valence-corrected chi connectivity index (χ1v) is 8.93. The van der Waals surface area contributed by atoms with E-state index in [-0.39, 0.29) is 12.4 Å². The Hall–Kier alpha value is -2.88. The molecule has 0 aliphatic rings. The molecule has 10 heteroatoms. The Bertz CT molecular complexity index is 827. The standard InChI is InChI=1S/C17H20FN5O3S/c1-4-9-23-14(10-26-13-8-6-5-7-12(13)18)21-22-17(23)27-11(2)15(24)20-16(25)19-3/h4-8,11H,1,9-10H2,2-3H3,(H2,19,20,24,25)/t11-/m0/s1. The molecule has 2 rings (SSSR count). The minimum absolute atomic E-state index is 0.00114. The van der Waals surface area contributed by atoms with E-state index >= 15 is 0 Å². The summed E-state index contributed by atoms with van der Waals surface area (Å²) in [6, 6.07) is 5.48. The van der Waals surface area contributed by atoms with Gasteiger partial charge in [-0.3, -0.25) is 14.7 Å². The van der Waals surface area contributed by atoms with Crippen LogP contribution >= 0.6 is 11.8 Å². The Labute approximate surface area is 160 Å². The maximum atomic E-state index is 13.7. The molecule has 1 aromatic carbocycles. The van der Waals surface area contributed by atoms with Crippen molar-refractivity contribution in [1.29, 1.82) is 0 Å². The van der Waals surface area contributed by atoms with Gasteiger partial charge in [0.05, 0.1) is 5.25 Å². The molecule has 0 radical (unpaired) electrons. The van der Waals surface area contributed by atoms with E-state index in [9.17, 15) is 14.0 Å². The third-order valence-electron chi connectivity index (χ3n) is 3.41. The molecule has 27 heavy (non-hydrogen) atoms. The van der Waals surface area contributed by atoms with Crippen LogP contribution in [0.3, 0.4) is 0 Å². The lowest BCUT2D eigenvalue weighted by Gasteiger charge is -2.12. The number of halogens is 1. The predicted molar refractivity (Wildman–Crippen MR) is 98.9 cm³/mol. The topological polar surface area (TPSA) is 98.1 Å². The van der Waals surface area contributed by atoms with Crippen molar-refractivity contribution in [3.8, 4) is 5.75 Å². The summed E-state index contributed by atoms with van der Waals surface area (Å²) in [7, 11) is 1.42. The minimum Gasteiger partial charge on any atom is -0.483 e. The zero-order valence-electron chi connectivity index (χ0n) is 14.9. The van der Waals surface area contributed by atoms with Crippen LogP contribution in [-0.2, 0) is 17.9 Å². The molecule has 0 unspecified atom stereocenters. The van der Waals surface area contributed by atoms with Crippen molar-refractivity contribution in [3.05, 3.63) is 48.6 Å². The zero-order chi connectivity index (χ0) is 19.8.